The molecule has 18 heavy (non-hydrogen) atoms. The third kappa shape index (κ3) is 3.79. The number of aromatic nitrogens is 2. The van der Waals surface area contributed by atoms with Crippen molar-refractivity contribution in [2.45, 2.75) is 20.0 Å². The first-order valence-corrected chi connectivity index (χ1v) is 5.31. The Labute approximate surface area is 103 Å². The van der Waals surface area contributed by atoms with E-state index in [-0.39, 0.29) is 23.6 Å². The van der Waals surface area contributed by atoms with Gasteiger partial charge in [-0.15, -0.1) is 0 Å². The molecule has 0 aliphatic heterocycles. The highest BCUT2D eigenvalue weighted by molar-refractivity contribution is 5.42. The molecule has 1 aromatic rings. The van der Waals surface area contributed by atoms with E-state index in [9.17, 15) is 10.1 Å². The summed E-state index contributed by atoms with van der Waals surface area (Å²) in [6.07, 6.45) is 0.662. The molecule has 3 N–H and O–H groups in total. The Bertz CT molecular complexity index is 414. The number of anilines is 1. The van der Waals surface area contributed by atoms with Crippen molar-refractivity contribution >= 4 is 11.6 Å². The van der Waals surface area contributed by atoms with Gasteiger partial charge in [0.1, 0.15) is 12.3 Å². The van der Waals surface area contributed by atoms with Crippen molar-refractivity contribution in [2.75, 3.05) is 18.6 Å². The predicted molar refractivity (Wildman–Crippen MR) is 63.1 cm³/mol. The maximum atomic E-state index is 10.8. The molecule has 9 nitrogen and oxygen atoms in total. The average Bonchev–Trinajstić information content (AvgIpc) is 2.35. The Morgan fingerprint density at radius 3 is 2.94 bits per heavy atom. The lowest BCUT2D eigenvalue weighted by Crippen LogP contribution is -2.21. The lowest BCUT2D eigenvalue weighted by atomic mass is 10.4. The number of nitrogen functional groups attached to an aromatic ring is 1. The molecule has 0 aliphatic carbocycles. The number of nitrogens with one attached hydrogen (secondary N) is 1. The van der Waals surface area contributed by atoms with E-state index in [4.69, 9.17) is 15.3 Å². The first-order valence-electron chi connectivity index (χ1n) is 5.31. The van der Waals surface area contributed by atoms with Crippen LogP contribution in [0.3, 0.4) is 0 Å². The predicted octanol–water partition coefficient (Wildman–Crippen LogP) is 0.474. The second-order valence-corrected chi connectivity index (χ2v) is 3.37. The zero-order valence-corrected chi connectivity index (χ0v) is 10.1. The molecule has 0 bridgehead atoms. The van der Waals surface area contributed by atoms with Gasteiger partial charge >= 0.3 is 5.69 Å². The molecule has 0 fully saturated rings. The number of hydrogen-bond acceptors (Lipinski definition) is 8. The minimum Gasteiger partial charge on any atom is -0.467 e. The molecule has 0 aromatic carbocycles. The summed E-state index contributed by atoms with van der Waals surface area (Å²) < 4.78 is 10.5. The van der Waals surface area contributed by atoms with E-state index in [1.54, 1.807) is 6.92 Å². The molecule has 9 heteroatoms. The van der Waals surface area contributed by atoms with Crippen LogP contribution in [0.15, 0.2) is 6.20 Å². The van der Waals surface area contributed by atoms with Crippen molar-refractivity contribution in [3.63, 3.8) is 0 Å². The van der Waals surface area contributed by atoms with E-state index in [1.807, 2.05) is 6.92 Å². The van der Waals surface area contributed by atoms with Crippen molar-refractivity contribution in [1.29, 1.82) is 0 Å². The third-order valence-electron chi connectivity index (χ3n) is 1.93. The fraction of sp³-hybridized carbons (Fsp3) is 0.556. The van der Waals surface area contributed by atoms with Crippen molar-refractivity contribution in [1.82, 2.24) is 9.97 Å². The summed E-state index contributed by atoms with van der Waals surface area (Å²) in [5, 5.41) is 10.8. The number of nitrogens with zero attached hydrogens (tertiary/aromatic N) is 3. The van der Waals surface area contributed by atoms with Gasteiger partial charge in [0, 0.05) is 6.61 Å². The maximum absolute atomic E-state index is 10.8. The summed E-state index contributed by atoms with van der Waals surface area (Å²) in [6, 6.07) is 0. The highest BCUT2D eigenvalue weighted by Gasteiger charge is 2.20. The van der Waals surface area contributed by atoms with Gasteiger partial charge in [-0.2, -0.15) is 4.98 Å². The van der Waals surface area contributed by atoms with Crippen molar-refractivity contribution in [2.24, 2.45) is 5.84 Å². The molecule has 100 valence electrons. The molecule has 0 amide bonds. The minimum atomic E-state index is -0.622. The van der Waals surface area contributed by atoms with Crippen LogP contribution in [0, 0.1) is 10.1 Å². The van der Waals surface area contributed by atoms with Gasteiger partial charge in [0.05, 0.1) is 11.5 Å². The lowest BCUT2D eigenvalue weighted by molar-refractivity contribution is -0.386. The zero-order valence-electron chi connectivity index (χ0n) is 10.1. The SMILES string of the molecule is CCOCC(C)Oc1nc(NN)ncc1[N+](=O)[O-]. The summed E-state index contributed by atoms with van der Waals surface area (Å²) in [5.41, 5.74) is 1.87. The topological polar surface area (TPSA) is 125 Å². The molecular formula is C9H15N5O4. The Balaban J connectivity index is 2.86. The van der Waals surface area contributed by atoms with Gasteiger partial charge in [-0.3, -0.25) is 15.5 Å². The quantitative estimate of drug-likeness (QED) is 0.410. The fourth-order valence-electron chi connectivity index (χ4n) is 1.15. The van der Waals surface area contributed by atoms with Crippen LogP contribution in [0.5, 0.6) is 5.88 Å². The van der Waals surface area contributed by atoms with E-state index in [0.717, 1.165) is 6.20 Å². The molecule has 1 atom stereocenters. The lowest BCUT2D eigenvalue weighted by Gasteiger charge is -2.13. The largest absolute Gasteiger partial charge is 0.467 e. The number of hydrogen-bond donors (Lipinski definition) is 2. The van der Waals surface area contributed by atoms with Gasteiger partial charge in [-0.05, 0) is 13.8 Å². The number of hydrazine groups is 1. The molecular weight excluding hydrogens is 242 g/mol. The summed E-state index contributed by atoms with van der Waals surface area (Å²) >= 11 is 0. The second kappa shape index (κ2) is 6.67. The van der Waals surface area contributed by atoms with Crippen LogP contribution in [-0.2, 0) is 4.74 Å². The van der Waals surface area contributed by atoms with E-state index in [0.29, 0.717) is 13.2 Å². The van der Waals surface area contributed by atoms with Crippen LogP contribution in [0.25, 0.3) is 0 Å². The number of rotatable bonds is 7. The van der Waals surface area contributed by atoms with Crippen LogP contribution in [0.4, 0.5) is 11.6 Å². The maximum Gasteiger partial charge on any atom is 0.349 e. The number of nitrogens with two attached hydrogens (primary N) is 1. The summed E-state index contributed by atoms with van der Waals surface area (Å²) in [7, 11) is 0. The second-order valence-electron chi connectivity index (χ2n) is 3.37. The van der Waals surface area contributed by atoms with Crippen molar-refractivity contribution in [3.05, 3.63) is 16.3 Å². The molecule has 0 spiro atoms. The minimum absolute atomic E-state index is 0.0409. The van der Waals surface area contributed by atoms with Crippen LogP contribution < -0.4 is 16.0 Å². The Morgan fingerprint density at radius 1 is 1.67 bits per heavy atom. The molecule has 0 aliphatic rings. The standard InChI is InChI=1S/C9H15N5O4/c1-3-17-5-6(2)18-8-7(14(15)16)4-11-9(12-8)13-10/h4,6H,3,5,10H2,1-2H3,(H,11,12,13). The van der Waals surface area contributed by atoms with Crippen LogP contribution in [-0.4, -0.2) is 34.2 Å². The molecule has 0 saturated heterocycles. The van der Waals surface area contributed by atoms with Gasteiger partial charge in [0.2, 0.25) is 5.95 Å². The van der Waals surface area contributed by atoms with E-state index in [1.165, 1.54) is 0 Å². The molecule has 1 unspecified atom stereocenters. The summed E-state index contributed by atoms with van der Waals surface area (Å²) in [6.45, 7) is 4.41. The molecule has 1 rings (SSSR count). The Hall–Kier alpha value is -2.00. The highest BCUT2D eigenvalue weighted by atomic mass is 16.6. The smallest absolute Gasteiger partial charge is 0.349 e. The Morgan fingerprint density at radius 2 is 2.39 bits per heavy atom. The normalized spacial score (nSPS) is 11.9. The van der Waals surface area contributed by atoms with E-state index in [2.05, 4.69) is 15.4 Å². The first kappa shape index (κ1) is 14.1. The van der Waals surface area contributed by atoms with Crippen molar-refractivity contribution < 1.29 is 14.4 Å². The monoisotopic (exact) mass is 257 g/mol. The van der Waals surface area contributed by atoms with Gasteiger partial charge in [0.15, 0.2) is 0 Å². The fourth-order valence-corrected chi connectivity index (χ4v) is 1.15. The third-order valence-corrected chi connectivity index (χ3v) is 1.93. The first-order chi connectivity index (χ1) is 8.58. The van der Waals surface area contributed by atoms with E-state index < -0.39 is 4.92 Å². The highest BCUT2D eigenvalue weighted by Crippen LogP contribution is 2.25. The average molecular weight is 257 g/mol. The van der Waals surface area contributed by atoms with Gasteiger partial charge in [0.25, 0.3) is 5.88 Å². The number of ether oxygens (including phenoxy) is 2. The zero-order chi connectivity index (χ0) is 13.5. The van der Waals surface area contributed by atoms with Crippen LogP contribution >= 0.6 is 0 Å². The van der Waals surface area contributed by atoms with Gasteiger partial charge in [-0.25, -0.2) is 10.8 Å². The molecule has 1 heterocycles. The number of nitro groups is 1. The Kier molecular flexibility index (Phi) is 5.21. The summed E-state index contributed by atoms with van der Waals surface area (Å²) in [4.78, 5) is 17.6. The van der Waals surface area contributed by atoms with Gasteiger partial charge in [-0.1, -0.05) is 0 Å². The molecule has 1 aromatic heterocycles. The van der Waals surface area contributed by atoms with E-state index >= 15 is 0 Å². The summed E-state index contributed by atoms with van der Waals surface area (Å²) in [5.74, 6) is 5.03. The molecule has 0 saturated carbocycles. The van der Waals surface area contributed by atoms with Crippen molar-refractivity contribution in [3.8, 4) is 5.88 Å². The van der Waals surface area contributed by atoms with Crippen LogP contribution in [0.1, 0.15) is 13.8 Å². The van der Waals surface area contributed by atoms with Gasteiger partial charge < -0.3 is 9.47 Å². The van der Waals surface area contributed by atoms with Crippen LogP contribution in [0.2, 0.25) is 0 Å². The molecule has 0 radical (unpaired) electrons.